The molecular weight excluding hydrogens is 375 g/mol. The van der Waals surface area contributed by atoms with E-state index >= 15 is 0 Å². The van der Waals surface area contributed by atoms with E-state index in [2.05, 4.69) is 0 Å². The Labute approximate surface area is 151 Å². The van der Waals surface area contributed by atoms with Crippen LogP contribution in [0.3, 0.4) is 0 Å². The van der Waals surface area contributed by atoms with Crippen LogP contribution in [0.15, 0.2) is 94.7 Å². The minimum atomic E-state index is -4.40. The van der Waals surface area contributed by atoms with Crippen molar-refractivity contribution in [1.29, 1.82) is 0 Å². The highest BCUT2D eigenvalue weighted by atomic mass is 32.2. The fraction of sp³-hybridized carbons (Fsp3) is 0. The van der Waals surface area contributed by atoms with Crippen LogP contribution in [-0.4, -0.2) is 13.3 Å². The molecule has 0 bridgehead atoms. The lowest BCUT2D eigenvalue weighted by atomic mass is 10.3. The van der Waals surface area contributed by atoms with Crippen LogP contribution in [-0.2, 0) is 14.4 Å². The van der Waals surface area contributed by atoms with Crippen LogP contribution < -0.4 is 9.05 Å². The number of benzene rings is 3. The molecule has 0 aliphatic rings. The second-order valence-corrected chi connectivity index (χ2v) is 8.50. The van der Waals surface area contributed by atoms with E-state index in [0.717, 1.165) is 0 Å². The Morgan fingerprint density at radius 3 is 1.62 bits per heavy atom. The van der Waals surface area contributed by atoms with Crippen LogP contribution in [0.5, 0.6) is 11.5 Å². The zero-order chi connectivity index (χ0) is 18.6. The van der Waals surface area contributed by atoms with E-state index in [0.29, 0.717) is 0 Å². The first kappa shape index (κ1) is 18.2. The van der Waals surface area contributed by atoms with Crippen molar-refractivity contribution < 1.29 is 26.9 Å². The number of hydrogen-bond acceptors (Lipinski definition) is 5. The average molecular weight is 390 g/mol. The molecule has 0 aliphatic heterocycles. The predicted octanol–water partition coefficient (Wildman–Crippen LogP) is 4.08. The van der Waals surface area contributed by atoms with E-state index in [1.165, 1.54) is 48.5 Å². The number of phosphoric acid groups is 1. The van der Waals surface area contributed by atoms with Gasteiger partial charge in [0.1, 0.15) is 11.5 Å². The molecule has 3 aromatic rings. The lowest BCUT2D eigenvalue weighted by molar-refractivity contribution is 0.291. The Morgan fingerprint density at radius 2 is 1.08 bits per heavy atom. The van der Waals surface area contributed by atoms with Crippen LogP contribution in [0.1, 0.15) is 0 Å². The van der Waals surface area contributed by atoms with Gasteiger partial charge in [0.15, 0.2) is 0 Å². The van der Waals surface area contributed by atoms with Crippen molar-refractivity contribution in [1.82, 2.24) is 0 Å². The van der Waals surface area contributed by atoms with E-state index in [4.69, 9.17) is 9.05 Å². The van der Waals surface area contributed by atoms with Crippen LogP contribution in [0.4, 0.5) is 0 Å². The topological polar surface area (TPSA) is 89.9 Å². The molecule has 1 N–H and O–H groups in total. The van der Waals surface area contributed by atoms with Gasteiger partial charge in [-0.2, -0.15) is 0 Å². The van der Waals surface area contributed by atoms with Gasteiger partial charge in [-0.15, -0.1) is 0 Å². The van der Waals surface area contributed by atoms with E-state index in [9.17, 15) is 17.9 Å². The summed E-state index contributed by atoms with van der Waals surface area (Å²) in [6.07, 6.45) is 0. The van der Waals surface area contributed by atoms with Crippen molar-refractivity contribution in [3.05, 3.63) is 84.9 Å². The SMILES string of the molecule is O=P(O)(Oc1ccccc1)Oc1ccc(S(=O)(=O)c2ccccc2)cc1. The predicted molar refractivity (Wildman–Crippen MR) is 95.9 cm³/mol. The summed E-state index contributed by atoms with van der Waals surface area (Å²) in [5, 5.41) is 0. The second-order valence-electron chi connectivity index (χ2n) is 5.25. The second kappa shape index (κ2) is 7.33. The van der Waals surface area contributed by atoms with Gasteiger partial charge in [0.05, 0.1) is 9.79 Å². The van der Waals surface area contributed by atoms with Crippen molar-refractivity contribution >= 4 is 17.7 Å². The van der Waals surface area contributed by atoms with Gasteiger partial charge in [0.25, 0.3) is 0 Å². The van der Waals surface area contributed by atoms with Crippen molar-refractivity contribution in [2.45, 2.75) is 9.79 Å². The minimum Gasteiger partial charge on any atom is -0.395 e. The van der Waals surface area contributed by atoms with Crippen molar-refractivity contribution in [3.8, 4) is 11.5 Å². The normalized spacial score (nSPS) is 13.6. The van der Waals surface area contributed by atoms with Gasteiger partial charge < -0.3 is 9.05 Å². The Kier molecular flexibility index (Phi) is 5.13. The highest BCUT2D eigenvalue weighted by Gasteiger charge is 2.25. The van der Waals surface area contributed by atoms with Crippen LogP contribution in [0.2, 0.25) is 0 Å². The average Bonchev–Trinajstić information content (AvgIpc) is 2.63. The Hall–Kier alpha value is -2.60. The number of sulfone groups is 1. The van der Waals surface area contributed by atoms with E-state index < -0.39 is 17.7 Å². The molecule has 3 aromatic carbocycles. The monoisotopic (exact) mass is 390 g/mol. The Balaban J connectivity index is 1.77. The summed E-state index contributed by atoms with van der Waals surface area (Å²) in [5.41, 5.74) is 0. The van der Waals surface area contributed by atoms with E-state index in [-0.39, 0.29) is 21.3 Å². The van der Waals surface area contributed by atoms with Gasteiger partial charge in [-0.25, -0.2) is 13.0 Å². The maximum Gasteiger partial charge on any atom is 0.584 e. The summed E-state index contributed by atoms with van der Waals surface area (Å²) in [4.78, 5) is 10.0. The smallest absolute Gasteiger partial charge is 0.395 e. The highest BCUT2D eigenvalue weighted by molar-refractivity contribution is 7.91. The fourth-order valence-electron chi connectivity index (χ4n) is 2.18. The third-order valence-corrected chi connectivity index (χ3v) is 6.04. The minimum absolute atomic E-state index is 0.0128. The van der Waals surface area contributed by atoms with E-state index in [1.54, 1.807) is 36.4 Å². The molecule has 0 radical (unpaired) electrons. The molecule has 0 heterocycles. The number of phosphoric ester groups is 1. The van der Waals surface area contributed by atoms with Gasteiger partial charge >= 0.3 is 7.82 Å². The van der Waals surface area contributed by atoms with Crippen molar-refractivity contribution in [3.63, 3.8) is 0 Å². The molecule has 0 saturated carbocycles. The summed E-state index contributed by atoms with van der Waals surface area (Å²) < 4.78 is 47.0. The molecule has 6 nitrogen and oxygen atoms in total. The van der Waals surface area contributed by atoms with Gasteiger partial charge in [0.2, 0.25) is 9.84 Å². The van der Waals surface area contributed by atoms with Crippen molar-refractivity contribution in [2.24, 2.45) is 0 Å². The number of hydrogen-bond donors (Lipinski definition) is 1. The highest BCUT2D eigenvalue weighted by Crippen LogP contribution is 2.44. The van der Waals surface area contributed by atoms with Crippen LogP contribution >= 0.6 is 7.82 Å². The molecule has 0 aromatic heterocycles. The summed E-state index contributed by atoms with van der Waals surface area (Å²) in [5.74, 6) is 0.195. The molecule has 0 amide bonds. The van der Waals surface area contributed by atoms with Crippen LogP contribution in [0, 0.1) is 0 Å². The lowest BCUT2D eigenvalue weighted by Gasteiger charge is -2.14. The zero-order valence-corrected chi connectivity index (χ0v) is 15.1. The largest absolute Gasteiger partial charge is 0.584 e. The molecule has 1 unspecified atom stereocenters. The third-order valence-electron chi connectivity index (χ3n) is 3.37. The molecule has 8 heteroatoms. The summed E-state index contributed by atoms with van der Waals surface area (Å²) in [6.45, 7) is 0. The standard InChI is InChI=1S/C18H15O6PS/c19-25(20,23-15-7-3-1-4-8-15)24-16-11-13-18(14-12-16)26(21,22)17-9-5-2-6-10-17/h1-14H,(H,19,20). The zero-order valence-electron chi connectivity index (χ0n) is 13.4. The quantitative estimate of drug-likeness (QED) is 0.638. The van der Waals surface area contributed by atoms with Crippen LogP contribution in [0.25, 0.3) is 0 Å². The first-order valence-corrected chi connectivity index (χ1v) is 10.5. The Bertz CT molecular complexity index is 1020. The first-order valence-electron chi connectivity index (χ1n) is 7.54. The molecule has 0 fully saturated rings. The van der Waals surface area contributed by atoms with Gasteiger partial charge in [-0.3, -0.25) is 4.89 Å². The molecule has 0 saturated heterocycles. The third kappa shape index (κ3) is 4.32. The van der Waals surface area contributed by atoms with Gasteiger partial charge in [0, 0.05) is 0 Å². The molecule has 1 atom stereocenters. The fourth-order valence-corrected chi connectivity index (χ4v) is 4.28. The van der Waals surface area contributed by atoms with Gasteiger partial charge in [-0.1, -0.05) is 36.4 Å². The summed E-state index contributed by atoms with van der Waals surface area (Å²) >= 11 is 0. The van der Waals surface area contributed by atoms with E-state index in [1.807, 2.05) is 0 Å². The molecule has 3 rings (SSSR count). The Morgan fingerprint density at radius 1 is 0.654 bits per heavy atom. The molecule has 134 valence electrons. The number of para-hydroxylation sites is 1. The summed E-state index contributed by atoms with van der Waals surface area (Å²) in [7, 11) is -8.07. The molecule has 0 aliphatic carbocycles. The number of rotatable bonds is 6. The first-order chi connectivity index (χ1) is 12.4. The maximum atomic E-state index is 12.5. The molecular formula is C18H15O6PS. The lowest BCUT2D eigenvalue weighted by Crippen LogP contribution is -2.02. The van der Waals surface area contributed by atoms with Crippen molar-refractivity contribution in [2.75, 3.05) is 0 Å². The maximum absolute atomic E-state index is 12.5. The molecule has 26 heavy (non-hydrogen) atoms. The summed E-state index contributed by atoms with van der Waals surface area (Å²) in [6, 6.07) is 21.3. The molecule has 0 spiro atoms. The van der Waals surface area contributed by atoms with Gasteiger partial charge in [-0.05, 0) is 48.5 Å².